The summed E-state index contributed by atoms with van der Waals surface area (Å²) in [5.74, 6) is 2.14. The van der Waals surface area contributed by atoms with Gasteiger partial charge in [0.1, 0.15) is 11.6 Å². The second-order valence-electron chi connectivity index (χ2n) is 7.51. The molecule has 1 aromatic heterocycles. The lowest BCUT2D eigenvalue weighted by Crippen LogP contribution is -2.43. The fourth-order valence-corrected chi connectivity index (χ4v) is 3.91. The molecule has 0 unspecified atom stereocenters. The predicted octanol–water partition coefficient (Wildman–Crippen LogP) is 4.95. The molecule has 2 heterocycles. The molecule has 6 heteroatoms. The van der Waals surface area contributed by atoms with Gasteiger partial charge >= 0.3 is 0 Å². The lowest BCUT2D eigenvalue weighted by molar-refractivity contribution is 0.0783. The Morgan fingerprint density at radius 2 is 1.73 bits per heavy atom. The van der Waals surface area contributed by atoms with E-state index in [1.54, 1.807) is 4.90 Å². The first-order valence-electron chi connectivity index (χ1n) is 10.1. The van der Waals surface area contributed by atoms with E-state index in [-0.39, 0.29) is 5.91 Å². The van der Waals surface area contributed by atoms with Crippen LogP contribution >= 0.6 is 11.6 Å². The van der Waals surface area contributed by atoms with Gasteiger partial charge in [-0.25, -0.2) is 4.98 Å². The van der Waals surface area contributed by atoms with Crippen LogP contribution in [0, 0.1) is 0 Å². The number of carbonyl (C=O) groups excluding carboxylic acids is 1. The third-order valence-electron chi connectivity index (χ3n) is 5.40. The SMILES string of the molecule is C=C1N(CCC)C(=O)c2c(nc(Cc3ccccc3)n2Cc2ccc(Cl)cc2)N1C. The summed E-state index contributed by atoms with van der Waals surface area (Å²) in [6, 6.07) is 17.9. The van der Waals surface area contributed by atoms with Gasteiger partial charge in [0.05, 0.1) is 0 Å². The lowest BCUT2D eigenvalue weighted by atomic mass is 10.1. The molecule has 30 heavy (non-hydrogen) atoms. The van der Waals surface area contributed by atoms with Crippen LogP contribution < -0.4 is 4.90 Å². The number of nitrogens with zero attached hydrogens (tertiary/aromatic N) is 4. The molecule has 0 radical (unpaired) electrons. The van der Waals surface area contributed by atoms with Gasteiger partial charge in [-0.05, 0) is 29.7 Å². The Labute approximate surface area is 182 Å². The zero-order valence-corrected chi connectivity index (χ0v) is 18.1. The summed E-state index contributed by atoms with van der Waals surface area (Å²) in [6.07, 6.45) is 1.50. The fraction of sp³-hybridized carbons (Fsp3) is 0.250. The zero-order valence-electron chi connectivity index (χ0n) is 17.3. The normalized spacial score (nSPS) is 13.7. The first kappa shape index (κ1) is 20.2. The van der Waals surface area contributed by atoms with Crippen LogP contribution in [0.2, 0.25) is 5.02 Å². The Morgan fingerprint density at radius 3 is 2.40 bits per heavy atom. The summed E-state index contributed by atoms with van der Waals surface area (Å²) in [7, 11) is 1.92. The number of amides is 1. The van der Waals surface area contributed by atoms with E-state index >= 15 is 0 Å². The van der Waals surface area contributed by atoms with E-state index in [1.165, 1.54) is 0 Å². The van der Waals surface area contributed by atoms with E-state index in [0.29, 0.717) is 41.9 Å². The van der Waals surface area contributed by atoms with Gasteiger partial charge in [-0.15, -0.1) is 0 Å². The smallest absolute Gasteiger partial charge is 0.279 e. The van der Waals surface area contributed by atoms with Crippen molar-refractivity contribution in [2.45, 2.75) is 26.3 Å². The minimum Gasteiger partial charge on any atom is -0.317 e. The molecule has 4 rings (SSSR count). The van der Waals surface area contributed by atoms with Gasteiger partial charge in [-0.3, -0.25) is 9.69 Å². The average molecular weight is 421 g/mol. The number of rotatable bonds is 6. The average Bonchev–Trinajstić information content (AvgIpc) is 3.10. The Kier molecular flexibility index (Phi) is 5.64. The molecule has 154 valence electrons. The maximum absolute atomic E-state index is 13.5. The van der Waals surface area contributed by atoms with Crippen molar-refractivity contribution in [3.8, 4) is 0 Å². The van der Waals surface area contributed by atoms with Gasteiger partial charge in [-0.1, -0.05) is 67.6 Å². The molecule has 0 bridgehead atoms. The van der Waals surface area contributed by atoms with Crippen LogP contribution in [0.25, 0.3) is 0 Å². The quantitative estimate of drug-likeness (QED) is 0.566. The summed E-state index contributed by atoms with van der Waals surface area (Å²) < 4.78 is 2.04. The molecule has 0 saturated heterocycles. The third kappa shape index (κ3) is 3.73. The van der Waals surface area contributed by atoms with Gasteiger partial charge in [0.2, 0.25) is 0 Å². The first-order chi connectivity index (χ1) is 14.5. The standard InChI is InChI=1S/C24H25ClN4O/c1-4-14-28-17(2)27(3)23-22(24(28)30)29(16-19-10-12-20(25)13-11-19)21(26-23)15-18-8-6-5-7-9-18/h5-13H,2,4,14-16H2,1,3H3. The number of imidazole rings is 1. The summed E-state index contributed by atoms with van der Waals surface area (Å²) in [6.45, 7) is 7.36. The van der Waals surface area contributed by atoms with E-state index in [4.69, 9.17) is 16.6 Å². The van der Waals surface area contributed by atoms with E-state index in [0.717, 1.165) is 23.4 Å². The van der Waals surface area contributed by atoms with Crippen molar-refractivity contribution in [3.05, 3.63) is 94.7 Å². The Balaban J connectivity index is 1.82. The van der Waals surface area contributed by atoms with Gasteiger partial charge in [-0.2, -0.15) is 0 Å². The molecule has 2 aromatic carbocycles. The van der Waals surface area contributed by atoms with Gasteiger partial charge in [0.25, 0.3) is 5.91 Å². The fourth-order valence-electron chi connectivity index (χ4n) is 3.79. The van der Waals surface area contributed by atoms with Crippen LogP contribution in [0.3, 0.4) is 0 Å². The van der Waals surface area contributed by atoms with E-state index < -0.39 is 0 Å². The van der Waals surface area contributed by atoms with Crippen molar-refractivity contribution in [3.63, 3.8) is 0 Å². The number of benzene rings is 2. The van der Waals surface area contributed by atoms with Gasteiger partial charge in [0, 0.05) is 31.6 Å². The molecule has 3 aromatic rings. The van der Waals surface area contributed by atoms with Crippen molar-refractivity contribution in [1.82, 2.24) is 14.5 Å². The van der Waals surface area contributed by atoms with Crippen LogP contribution in [0.4, 0.5) is 5.82 Å². The second-order valence-corrected chi connectivity index (χ2v) is 7.94. The summed E-state index contributed by atoms with van der Waals surface area (Å²) in [5.41, 5.74) is 2.83. The molecule has 0 atom stereocenters. The predicted molar refractivity (Wildman–Crippen MR) is 121 cm³/mol. The highest BCUT2D eigenvalue weighted by atomic mass is 35.5. The number of carbonyl (C=O) groups is 1. The molecular formula is C24H25ClN4O. The molecular weight excluding hydrogens is 396 g/mol. The van der Waals surface area contributed by atoms with Crippen LogP contribution in [-0.2, 0) is 13.0 Å². The van der Waals surface area contributed by atoms with Crippen LogP contribution in [0.15, 0.2) is 67.0 Å². The number of anilines is 1. The maximum atomic E-state index is 13.5. The van der Waals surface area contributed by atoms with Crippen LogP contribution in [0.1, 0.15) is 40.8 Å². The van der Waals surface area contributed by atoms with Gasteiger partial charge < -0.3 is 9.47 Å². The van der Waals surface area contributed by atoms with Crippen molar-refractivity contribution in [2.75, 3.05) is 18.5 Å². The number of hydrogen-bond donors (Lipinski definition) is 0. The highest BCUT2D eigenvalue weighted by Gasteiger charge is 2.36. The highest BCUT2D eigenvalue weighted by Crippen LogP contribution is 2.33. The van der Waals surface area contributed by atoms with Crippen LogP contribution in [-0.4, -0.2) is 34.0 Å². The minimum absolute atomic E-state index is 0.0456. The topological polar surface area (TPSA) is 41.4 Å². The largest absolute Gasteiger partial charge is 0.317 e. The van der Waals surface area contributed by atoms with E-state index in [2.05, 4.69) is 25.6 Å². The number of halogens is 1. The number of hydrogen-bond acceptors (Lipinski definition) is 3. The molecule has 0 N–H and O–H groups in total. The number of fused-ring (bicyclic) bond motifs is 1. The summed E-state index contributed by atoms with van der Waals surface area (Å²) in [5, 5.41) is 0.692. The van der Waals surface area contributed by atoms with Gasteiger partial charge in [0.15, 0.2) is 11.5 Å². The van der Waals surface area contributed by atoms with Crippen molar-refractivity contribution < 1.29 is 4.79 Å². The Bertz CT molecular complexity index is 1070. The summed E-state index contributed by atoms with van der Waals surface area (Å²) >= 11 is 6.06. The molecule has 1 aliphatic heterocycles. The van der Waals surface area contributed by atoms with Crippen molar-refractivity contribution in [2.24, 2.45) is 0 Å². The van der Waals surface area contributed by atoms with E-state index in [9.17, 15) is 4.79 Å². The molecule has 0 aliphatic carbocycles. The number of aromatic nitrogens is 2. The Hall–Kier alpha value is -3.05. The first-order valence-corrected chi connectivity index (χ1v) is 10.5. The zero-order chi connectivity index (χ0) is 21.3. The highest BCUT2D eigenvalue weighted by molar-refractivity contribution is 6.30. The minimum atomic E-state index is -0.0456. The molecule has 0 fully saturated rings. The Morgan fingerprint density at radius 1 is 1.03 bits per heavy atom. The molecule has 0 saturated carbocycles. The lowest BCUT2D eigenvalue weighted by Gasteiger charge is -2.35. The van der Waals surface area contributed by atoms with Crippen LogP contribution in [0.5, 0.6) is 0 Å². The monoisotopic (exact) mass is 420 g/mol. The molecule has 1 amide bonds. The van der Waals surface area contributed by atoms with Crippen molar-refractivity contribution >= 4 is 23.3 Å². The second kappa shape index (κ2) is 8.36. The van der Waals surface area contributed by atoms with E-state index in [1.807, 2.05) is 59.0 Å². The molecule has 5 nitrogen and oxygen atoms in total. The summed E-state index contributed by atoms with van der Waals surface area (Å²) in [4.78, 5) is 22.0. The van der Waals surface area contributed by atoms with Crippen molar-refractivity contribution in [1.29, 1.82) is 0 Å². The third-order valence-corrected chi connectivity index (χ3v) is 5.65. The maximum Gasteiger partial charge on any atom is 0.279 e. The molecule has 0 spiro atoms. The molecule has 1 aliphatic rings.